The van der Waals surface area contributed by atoms with Gasteiger partial charge < -0.3 is 20.9 Å². The molecule has 0 saturated heterocycles. The summed E-state index contributed by atoms with van der Waals surface area (Å²) in [6, 6.07) is 16.8. The Morgan fingerprint density at radius 3 is 1.97 bits per heavy atom. The Morgan fingerprint density at radius 2 is 1.44 bits per heavy atom. The molecule has 3 aromatic rings. The molecule has 0 radical (unpaired) electrons. The number of benzene rings is 3. The number of rotatable bonds is 7. The Morgan fingerprint density at radius 1 is 0.906 bits per heavy atom. The monoisotopic (exact) mass is 444 g/mol. The number of ether oxygens (including phenoxy) is 1. The summed E-state index contributed by atoms with van der Waals surface area (Å²) in [5.74, 6) is -0.240. The molecule has 2 amide bonds. The summed E-state index contributed by atoms with van der Waals surface area (Å²) in [6.07, 6.45) is -6.14. The van der Waals surface area contributed by atoms with E-state index in [0.29, 0.717) is 17.1 Å². The van der Waals surface area contributed by atoms with Gasteiger partial charge >= 0.3 is 6.18 Å². The van der Waals surface area contributed by atoms with Crippen molar-refractivity contribution in [2.45, 2.75) is 12.3 Å². The summed E-state index contributed by atoms with van der Waals surface area (Å²) in [7, 11) is 0. The van der Waals surface area contributed by atoms with Crippen molar-refractivity contribution in [3.8, 4) is 11.5 Å². The average Bonchev–Trinajstić information content (AvgIpc) is 2.77. The summed E-state index contributed by atoms with van der Waals surface area (Å²) < 4.78 is 44.9. The minimum atomic E-state index is -4.61. The number of alkyl halides is 3. The Kier molecular flexibility index (Phi) is 6.79. The van der Waals surface area contributed by atoms with E-state index in [1.807, 2.05) is 0 Å². The molecule has 4 N–H and O–H groups in total. The van der Waals surface area contributed by atoms with Crippen LogP contribution in [-0.4, -0.2) is 23.5 Å². The molecule has 0 fully saturated rings. The molecule has 9 heteroatoms. The van der Waals surface area contributed by atoms with E-state index in [1.165, 1.54) is 54.6 Å². The van der Waals surface area contributed by atoms with Gasteiger partial charge in [-0.2, -0.15) is 13.2 Å². The molecule has 166 valence electrons. The first-order valence-electron chi connectivity index (χ1n) is 9.45. The zero-order chi connectivity index (χ0) is 23.3. The van der Waals surface area contributed by atoms with Crippen LogP contribution in [0, 0.1) is 0 Å². The van der Waals surface area contributed by atoms with Gasteiger partial charge in [0.05, 0.1) is 11.7 Å². The van der Waals surface area contributed by atoms with Crippen LogP contribution in [0.4, 0.5) is 13.2 Å². The van der Waals surface area contributed by atoms with Crippen LogP contribution in [0.25, 0.3) is 0 Å². The summed E-state index contributed by atoms with van der Waals surface area (Å²) in [6.45, 7) is -0.392. The zero-order valence-corrected chi connectivity index (χ0v) is 16.6. The first kappa shape index (κ1) is 22.8. The molecular formula is C23H19F3N2O4. The third-order valence-electron chi connectivity index (χ3n) is 4.57. The average molecular weight is 444 g/mol. The SMILES string of the molecule is NC(=O)c1ccc(Oc2ccc(C(=O)NCC(O)c3ccccc3C(F)(F)F)cc2)cc1. The Balaban J connectivity index is 1.60. The fourth-order valence-corrected chi connectivity index (χ4v) is 2.94. The van der Waals surface area contributed by atoms with Crippen molar-refractivity contribution in [2.75, 3.05) is 6.54 Å². The van der Waals surface area contributed by atoms with Crippen molar-refractivity contribution in [2.24, 2.45) is 5.73 Å². The lowest BCUT2D eigenvalue weighted by Gasteiger charge is -2.18. The molecule has 1 atom stereocenters. The van der Waals surface area contributed by atoms with Crippen LogP contribution in [0.2, 0.25) is 0 Å². The van der Waals surface area contributed by atoms with Gasteiger partial charge in [-0.05, 0) is 60.2 Å². The predicted molar refractivity (Wildman–Crippen MR) is 110 cm³/mol. The van der Waals surface area contributed by atoms with Gasteiger partial charge in [-0.3, -0.25) is 9.59 Å². The summed E-state index contributed by atoms with van der Waals surface area (Å²) >= 11 is 0. The van der Waals surface area contributed by atoms with E-state index in [1.54, 1.807) is 12.1 Å². The molecule has 6 nitrogen and oxygen atoms in total. The maximum absolute atomic E-state index is 13.1. The van der Waals surface area contributed by atoms with Gasteiger partial charge in [-0.25, -0.2) is 0 Å². The lowest BCUT2D eigenvalue weighted by Crippen LogP contribution is -2.29. The maximum atomic E-state index is 13.1. The maximum Gasteiger partial charge on any atom is 0.416 e. The van der Waals surface area contributed by atoms with Crippen molar-refractivity contribution >= 4 is 11.8 Å². The largest absolute Gasteiger partial charge is 0.457 e. The number of halogens is 3. The minimum Gasteiger partial charge on any atom is -0.457 e. The van der Waals surface area contributed by atoms with E-state index in [4.69, 9.17) is 10.5 Å². The lowest BCUT2D eigenvalue weighted by molar-refractivity contribution is -0.139. The van der Waals surface area contributed by atoms with Crippen molar-refractivity contribution in [3.05, 3.63) is 95.1 Å². The molecule has 0 aliphatic carbocycles. The standard InChI is InChI=1S/C23H19F3N2O4/c24-23(25,26)19-4-2-1-3-18(19)20(29)13-28-22(31)15-7-11-17(12-8-15)32-16-9-5-14(6-10-16)21(27)30/h1-12,20,29H,13H2,(H2,27,30)(H,28,31). The van der Waals surface area contributed by atoms with Crippen molar-refractivity contribution in [3.63, 3.8) is 0 Å². The van der Waals surface area contributed by atoms with Crippen molar-refractivity contribution in [1.29, 1.82) is 0 Å². The smallest absolute Gasteiger partial charge is 0.416 e. The molecule has 32 heavy (non-hydrogen) atoms. The summed E-state index contributed by atoms with van der Waals surface area (Å²) in [5.41, 5.74) is 4.49. The predicted octanol–water partition coefficient (Wildman–Crippen LogP) is 4.06. The van der Waals surface area contributed by atoms with E-state index in [-0.39, 0.29) is 11.1 Å². The molecule has 0 heterocycles. The molecule has 0 spiro atoms. The van der Waals surface area contributed by atoms with Gasteiger partial charge in [0.25, 0.3) is 5.91 Å². The zero-order valence-electron chi connectivity index (χ0n) is 16.6. The number of carbonyl (C=O) groups excluding carboxylic acids is 2. The number of nitrogens with two attached hydrogens (primary N) is 1. The number of nitrogens with one attached hydrogen (secondary N) is 1. The summed E-state index contributed by atoms with van der Waals surface area (Å²) in [4.78, 5) is 23.4. The molecule has 0 bridgehead atoms. The number of primary amides is 1. The Bertz CT molecular complexity index is 1100. The fraction of sp³-hybridized carbons (Fsp3) is 0.130. The van der Waals surface area contributed by atoms with E-state index in [0.717, 1.165) is 6.07 Å². The third kappa shape index (κ3) is 5.64. The second kappa shape index (κ2) is 9.52. The molecule has 3 aromatic carbocycles. The summed E-state index contributed by atoms with van der Waals surface area (Å²) in [5, 5.41) is 12.6. The highest BCUT2D eigenvalue weighted by Gasteiger charge is 2.34. The first-order chi connectivity index (χ1) is 15.1. The highest BCUT2D eigenvalue weighted by molar-refractivity contribution is 5.94. The minimum absolute atomic E-state index is 0.234. The highest BCUT2D eigenvalue weighted by Crippen LogP contribution is 2.34. The Labute approximate surface area is 181 Å². The molecule has 0 saturated carbocycles. The molecule has 0 aliphatic heterocycles. The topological polar surface area (TPSA) is 102 Å². The van der Waals surface area contributed by atoms with E-state index >= 15 is 0 Å². The number of hydrogen-bond donors (Lipinski definition) is 3. The van der Waals surface area contributed by atoms with Crippen LogP contribution in [0.3, 0.4) is 0 Å². The van der Waals surface area contributed by atoms with E-state index in [2.05, 4.69) is 5.32 Å². The van der Waals surface area contributed by atoms with Crippen LogP contribution in [0.15, 0.2) is 72.8 Å². The van der Waals surface area contributed by atoms with Crippen molar-refractivity contribution in [1.82, 2.24) is 5.32 Å². The molecule has 0 aliphatic rings. The quantitative estimate of drug-likeness (QED) is 0.512. The van der Waals surface area contributed by atoms with Gasteiger partial charge in [-0.15, -0.1) is 0 Å². The normalized spacial score (nSPS) is 12.1. The van der Waals surface area contributed by atoms with Crippen LogP contribution in [0.1, 0.15) is 37.9 Å². The Hall–Kier alpha value is -3.85. The number of aliphatic hydroxyl groups is 1. The van der Waals surface area contributed by atoms with E-state index in [9.17, 15) is 27.9 Å². The van der Waals surface area contributed by atoms with Gasteiger partial charge in [0, 0.05) is 17.7 Å². The van der Waals surface area contributed by atoms with Gasteiger partial charge in [0.2, 0.25) is 5.91 Å². The molecule has 0 aromatic heterocycles. The number of hydrogen-bond acceptors (Lipinski definition) is 4. The van der Waals surface area contributed by atoms with Crippen molar-refractivity contribution < 1.29 is 32.6 Å². The number of carbonyl (C=O) groups is 2. The number of amides is 2. The first-order valence-corrected chi connectivity index (χ1v) is 9.45. The second-order valence-electron chi connectivity index (χ2n) is 6.83. The van der Waals surface area contributed by atoms with Gasteiger partial charge in [0.1, 0.15) is 11.5 Å². The van der Waals surface area contributed by atoms with Gasteiger partial charge in [0.15, 0.2) is 0 Å². The third-order valence-corrected chi connectivity index (χ3v) is 4.57. The fourth-order valence-electron chi connectivity index (χ4n) is 2.94. The molecule has 1 unspecified atom stereocenters. The number of aliphatic hydroxyl groups excluding tert-OH is 1. The molecule has 3 rings (SSSR count). The lowest BCUT2D eigenvalue weighted by atomic mass is 10.0. The van der Waals surface area contributed by atoms with Crippen LogP contribution >= 0.6 is 0 Å². The van der Waals surface area contributed by atoms with Crippen LogP contribution in [-0.2, 0) is 6.18 Å². The van der Waals surface area contributed by atoms with Gasteiger partial charge in [-0.1, -0.05) is 18.2 Å². The highest BCUT2D eigenvalue weighted by atomic mass is 19.4. The van der Waals surface area contributed by atoms with E-state index < -0.39 is 36.2 Å². The second-order valence-corrected chi connectivity index (χ2v) is 6.83. The van der Waals surface area contributed by atoms with Crippen LogP contribution in [0.5, 0.6) is 11.5 Å². The van der Waals surface area contributed by atoms with Crippen LogP contribution < -0.4 is 15.8 Å². The molecular weight excluding hydrogens is 425 g/mol.